The fourth-order valence-corrected chi connectivity index (χ4v) is 1.68. The highest BCUT2D eigenvalue weighted by Gasteiger charge is 2.07. The minimum Gasteiger partial charge on any atom is -0.455 e. The Balaban J connectivity index is 2.35. The molecule has 0 amide bonds. The Morgan fingerprint density at radius 2 is 2.00 bits per heavy atom. The number of pyridine rings is 1. The standard InChI is InChI=1S/C12H10Cl2N2O/c13-9-2-1-8(6-15)12(5-9)17-11-3-4-16-7-10(11)14/h1-5,7H,6,15H2. The fraction of sp³-hybridized carbons (Fsp3) is 0.0833. The molecule has 0 atom stereocenters. The smallest absolute Gasteiger partial charge is 0.149 e. The van der Waals surface area contributed by atoms with E-state index in [-0.39, 0.29) is 0 Å². The summed E-state index contributed by atoms with van der Waals surface area (Å²) in [5.41, 5.74) is 6.49. The number of rotatable bonds is 3. The van der Waals surface area contributed by atoms with Gasteiger partial charge in [-0.2, -0.15) is 0 Å². The first-order valence-electron chi connectivity index (χ1n) is 4.96. The van der Waals surface area contributed by atoms with Crippen molar-refractivity contribution in [2.75, 3.05) is 0 Å². The summed E-state index contributed by atoms with van der Waals surface area (Å²) < 4.78 is 5.68. The third-order valence-electron chi connectivity index (χ3n) is 2.20. The van der Waals surface area contributed by atoms with E-state index in [4.69, 9.17) is 33.7 Å². The van der Waals surface area contributed by atoms with Crippen molar-refractivity contribution in [2.45, 2.75) is 6.54 Å². The molecular formula is C12H10Cl2N2O. The molecule has 0 unspecified atom stereocenters. The van der Waals surface area contributed by atoms with Gasteiger partial charge in [0.1, 0.15) is 16.5 Å². The molecule has 3 nitrogen and oxygen atoms in total. The zero-order valence-electron chi connectivity index (χ0n) is 8.86. The maximum absolute atomic E-state index is 5.96. The summed E-state index contributed by atoms with van der Waals surface area (Å²) in [4.78, 5) is 3.88. The van der Waals surface area contributed by atoms with Crippen molar-refractivity contribution < 1.29 is 4.74 Å². The number of nitrogens with zero attached hydrogens (tertiary/aromatic N) is 1. The quantitative estimate of drug-likeness (QED) is 0.925. The van der Waals surface area contributed by atoms with Crippen LogP contribution >= 0.6 is 23.2 Å². The third kappa shape index (κ3) is 2.88. The summed E-state index contributed by atoms with van der Waals surface area (Å²) in [5.74, 6) is 1.13. The Bertz CT molecular complexity index is 532. The first-order chi connectivity index (χ1) is 8.20. The first-order valence-corrected chi connectivity index (χ1v) is 5.72. The molecule has 0 aliphatic rings. The van der Waals surface area contributed by atoms with Crippen LogP contribution in [0.15, 0.2) is 36.7 Å². The minimum absolute atomic E-state index is 0.370. The maximum atomic E-state index is 5.96. The second kappa shape index (κ2) is 5.36. The number of ether oxygens (including phenoxy) is 1. The molecule has 0 aliphatic carbocycles. The lowest BCUT2D eigenvalue weighted by Gasteiger charge is -2.11. The molecule has 0 saturated carbocycles. The normalized spacial score (nSPS) is 10.3. The molecule has 0 radical (unpaired) electrons. The van der Waals surface area contributed by atoms with Crippen molar-refractivity contribution in [2.24, 2.45) is 5.73 Å². The van der Waals surface area contributed by atoms with Crippen molar-refractivity contribution in [1.29, 1.82) is 0 Å². The average Bonchev–Trinajstić information content (AvgIpc) is 2.32. The molecular weight excluding hydrogens is 259 g/mol. The number of benzene rings is 1. The second-order valence-electron chi connectivity index (χ2n) is 3.36. The molecule has 0 aliphatic heterocycles. The molecule has 0 fully saturated rings. The van der Waals surface area contributed by atoms with Crippen LogP contribution in [-0.4, -0.2) is 4.98 Å². The lowest BCUT2D eigenvalue weighted by atomic mass is 10.2. The highest BCUT2D eigenvalue weighted by molar-refractivity contribution is 6.32. The van der Waals surface area contributed by atoms with Gasteiger partial charge in [0.05, 0.1) is 0 Å². The van der Waals surface area contributed by atoms with Crippen molar-refractivity contribution in [3.05, 3.63) is 52.3 Å². The number of halogens is 2. The molecule has 5 heteroatoms. The van der Waals surface area contributed by atoms with Gasteiger partial charge in [-0.25, -0.2) is 0 Å². The van der Waals surface area contributed by atoms with Gasteiger partial charge in [-0.3, -0.25) is 4.98 Å². The van der Waals surface area contributed by atoms with Crippen molar-refractivity contribution >= 4 is 23.2 Å². The summed E-state index contributed by atoms with van der Waals surface area (Å²) in [6.45, 7) is 0.370. The van der Waals surface area contributed by atoms with Crippen LogP contribution in [0.3, 0.4) is 0 Å². The Kier molecular flexibility index (Phi) is 3.84. The van der Waals surface area contributed by atoms with Gasteiger partial charge in [-0.05, 0) is 12.1 Å². The van der Waals surface area contributed by atoms with Crippen LogP contribution in [0.1, 0.15) is 5.56 Å². The zero-order chi connectivity index (χ0) is 12.3. The maximum Gasteiger partial charge on any atom is 0.149 e. The number of hydrogen-bond donors (Lipinski definition) is 1. The van der Waals surface area contributed by atoms with Crippen LogP contribution in [0.5, 0.6) is 11.5 Å². The van der Waals surface area contributed by atoms with E-state index >= 15 is 0 Å². The second-order valence-corrected chi connectivity index (χ2v) is 4.21. The lowest BCUT2D eigenvalue weighted by molar-refractivity contribution is 0.476. The Morgan fingerprint density at radius 1 is 1.18 bits per heavy atom. The Labute approximate surface area is 109 Å². The predicted octanol–water partition coefficient (Wildman–Crippen LogP) is 3.64. The van der Waals surface area contributed by atoms with E-state index in [2.05, 4.69) is 4.98 Å². The van der Waals surface area contributed by atoms with E-state index in [1.165, 1.54) is 6.20 Å². The molecule has 2 aromatic rings. The van der Waals surface area contributed by atoms with E-state index in [9.17, 15) is 0 Å². The molecule has 0 spiro atoms. The van der Waals surface area contributed by atoms with E-state index < -0.39 is 0 Å². The predicted molar refractivity (Wildman–Crippen MR) is 68.7 cm³/mol. The molecule has 17 heavy (non-hydrogen) atoms. The van der Waals surface area contributed by atoms with Gasteiger partial charge in [-0.1, -0.05) is 29.3 Å². The van der Waals surface area contributed by atoms with Gasteiger partial charge in [-0.15, -0.1) is 0 Å². The zero-order valence-corrected chi connectivity index (χ0v) is 10.4. The first kappa shape index (κ1) is 12.2. The van der Waals surface area contributed by atoms with Crippen LogP contribution in [0, 0.1) is 0 Å². The van der Waals surface area contributed by atoms with Gasteiger partial charge in [0, 0.05) is 35.6 Å². The highest BCUT2D eigenvalue weighted by atomic mass is 35.5. The molecule has 2 rings (SSSR count). The third-order valence-corrected chi connectivity index (χ3v) is 2.72. The summed E-state index contributed by atoms with van der Waals surface area (Å²) in [7, 11) is 0. The van der Waals surface area contributed by atoms with Gasteiger partial charge in [0.15, 0.2) is 0 Å². The summed E-state index contributed by atoms with van der Waals surface area (Å²) in [6, 6.07) is 6.99. The van der Waals surface area contributed by atoms with Crippen LogP contribution < -0.4 is 10.5 Å². The van der Waals surface area contributed by atoms with Crippen molar-refractivity contribution in [3.8, 4) is 11.5 Å². The number of aromatic nitrogens is 1. The molecule has 1 aromatic carbocycles. The largest absolute Gasteiger partial charge is 0.455 e. The highest BCUT2D eigenvalue weighted by Crippen LogP contribution is 2.31. The van der Waals surface area contributed by atoms with Crippen LogP contribution in [0.25, 0.3) is 0 Å². The fourth-order valence-electron chi connectivity index (χ4n) is 1.36. The van der Waals surface area contributed by atoms with E-state index in [1.54, 1.807) is 24.4 Å². The molecule has 1 heterocycles. The van der Waals surface area contributed by atoms with Crippen molar-refractivity contribution in [1.82, 2.24) is 4.98 Å². The molecule has 2 N–H and O–H groups in total. The summed E-state index contributed by atoms with van der Waals surface area (Å²) in [5, 5.41) is 1.03. The van der Waals surface area contributed by atoms with Crippen molar-refractivity contribution in [3.63, 3.8) is 0 Å². The van der Waals surface area contributed by atoms with E-state index in [0.29, 0.717) is 28.1 Å². The van der Waals surface area contributed by atoms with Gasteiger partial charge in [0.2, 0.25) is 0 Å². The topological polar surface area (TPSA) is 48.1 Å². The monoisotopic (exact) mass is 268 g/mol. The van der Waals surface area contributed by atoms with Crippen LogP contribution in [0.2, 0.25) is 10.0 Å². The number of nitrogens with two attached hydrogens (primary N) is 1. The summed E-state index contributed by atoms with van der Waals surface area (Å²) >= 11 is 11.9. The molecule has 0 saturated heterocycles. The minimum atomic E-state index is 0.370. The van der Waals surface area contributed by atoms with E-state index in [1.807, 2.05) is 6.07 Å². The van der Waals surface area contributed by atoms with Gasteiger partial charge < -0.3 is 10.5 Å². The SMILES string of the molecule is NCc1ccc(Cl)cc1Oc1ccncc1Cl. The molecule has 1 aromatic heterocycles. The summed E-state index contributed by atoms with van der Waals surface area (Å²) in [6.07, 6.45) is 3.12. The number of hydrogen-bond acceptors (Lipinski definition) is 3. The van der Waals surface area contributed by atoms with Crippen LogP contribution in [0.4, 0.5) is 0 Å². The molecule has 88 valence electrons. The molecule has 0 bridgehead atoms. The Morgan fingerprint density at radius 3 is 2.71 bits per heavy atom. The average molecular weight is 269 g/mol. The van der Waals surface area contributed by atoms with Gasteiger partial charge >= 0.3 is 0 Å². The lowest BCUT2D eigenvalue weighted by Crippen LogP contribution is -1.99. The van der Waals surface area contributed by atoms with Crippen LogP contribution in [-0.2, 0) is 6.54 Å². The van der Waals surface area contributed by atoms with E-state index in [0.717, 1.165) is 5.56 Å². The van der Waals surface area contributed by atoms with Gasteiger partial charge in [0.25, 0.3) is 0 Å². The Hall–Kier alpha value is -1.29.